The van der Waals surface area contributed by atoms with Gasteiger partial charge in [-0.25, -0.2) is 0 Å². The highest BCUT2D eigenvalue weighted by Crippen LogP contribution is 2.37. The third-order valence-corrected chi connectivity index (χ3v) is 3.94. The van der Waals surface area contributed by atoms with Gasteiger partial charge in [0.1, 0.15) is 0 Å². The molecule has 0 heterocycles. The summed E-state index contributed by atoms with van der Waals surface area (Å²) in [6.07, 6.45) is 7.92. The van der Waals surface area contributed by atoms with Crippen LogP contribution in [0, 0.1) is 11.3 Å². The third kappa shape index (κ3) is 3.46. The van der Waals surface area contributed by atoms with Gasteiger partial charge in [-0.3, -0.25) is 0 Å². The van der Waals surface area contributed by atoms with E-state index in [0.717, 1.165) is 25.4 Å². The Kier molecular flexibility index (Phi) is 3.36. The van der Waals surface area contributed by atoms with Gasteiger partial charge in [0.2, 0.25) is 0 Å². The predicted molar refractivity (Wildman–Crippen MR) is 62.7 cm³/mol. The number of nitrogens with two attached hydrogens (primary N) is 1. The molecule has 0 aliphatic heterocycles. The summed E-state index contributed by atoms with van der Waals surface area (Å²) in [5, 5.41) is 0. The molecular weight excluding hydrogens is 186 g/mol. The maximum absolute atomic E-state index is 6.11. The van der Waals surface area contributed by atoms with E-state index >= 15 is 0 Å². The lowest BCUT2D eigenvalue weighted by molar-refractivity contribution is -0.0210. The molecule has 2 saturated carbocycles. The monoisotopic (exact) mass is 211 g/mol. The molecule has 0 bridgehead atoms. The summed E-state index contributed by atoms with van der Waals surface area (Å²) < 4.78 is 5.96. The van der Waals surface area contributed by atoms with E-state index in [2.05, 4.69) is 13.8 Å². The first-order valence-corrected chi connectivity index (χ1v) is 6.44. The highest BCUT2D eigenvalue weighted by atomic mass is 16.5. The molecule has 0 radical (unpaired) electrons. The van der Waals surface area contributed by atoms with Crippen LogP contribution in [0.5, 0.6) is 0 Å². The molecule has 2 unspecified atom stereocenters. The zero-order valence-corrected chi connectivity index (χ0v) is 10.2. The van der Waals surface area contributed by atoms with Crippen LogP contribution in [-0.4, -0.2) is 18.8 Å². The lowest BCUT2D eigenvalue weighted by Crippen LogP contribution is -2.44. The summed E-state index contributed by atoms with van der Waals surface area (Å²) in [7, 11) is 0. The van der Waals surface area contributed by atoms with Gasteiger partial charge in [0.15, 0.2) is 0 Å². The second-order valence-corrected chi connectivity index (χ2v) is 6.21. The van der Waals surface area contributed by atoms with Crippen molar-refractivity contribution >= 4 is 0 Å². The molecule has 0 amide bonds. The minimum atomic E-state index is 0.275. The minimum absolute atomic E-state index is 0.275. The normalized spacial score (nSPS) is 35.4. The molecule has 0 aromatic carbocycles. The lowest BCUT2D eigenvalue weighted by atomic mass is 9.74. The van der Waals surface area contributed by atoms with Crippen molar-refractivity contribution in [3.63, 3.8) is 0 Å². The summed E-state index contributed by atoms with van der Waals surface area (Å²) >= 11 is 0. The minimum Gasteiger partial charge on any atom is -0.377 e. The summed E-state index contributed by atoms with van der Waals surface area (Å²) in [5.41, 5.74) is 6.54. The topological polar surface area (TPSA) is 35.2 Å². The lowest BCUT2D eigenvalue weighted by Gasteiger charge is -2.39. The van der Waals surface area contributed by atoms with Crippen LogP contribution >= 0.6 is 0 Å². The third-order valence-electron chi connectivity index (χ3n) is 3.94. The van der Waals surface area contributed by atoms with Crippen molar-refractivity contribution in [1.29, 1.82) is 0 Å². The molecule has 88 valence electrons. The summed E-state index contributed by atoms with van der Waals surface area (Å²) in [5.74, 6) is 0.970. The number of hydrogen-bond donors (Lipinski definition) is 1. The van der Waals surface area contributed by atoms with E-state index in [-0.39, 0.29) is 6.04 Å². The van der Waals surface area contributed by atoms with Gasteiger partial charge in [0.25, 0.3) is 0 Å². The van der Waals surface area contributed by atoms with Crippen molar-refractivity contribution in [2.45, 2.75) is 64.5 Å². The van der Waals surface area contributed by atoms with Gasteiger partial charge in [0.05, 0.1) is 6.10 Å². The molecule has 2 fully saturated rings. The van der Waals surface area contributed by atoms with Crippen LogP contribution in [0.1, 0.15) is 52.4 Å². The van der Waals surface area contributed by atoms with E-state index in [1.165, 1.54) is 25.7 Å². The highest BCUT2D eigenvalue weighted by molar-refractivity contribution is 4.88. The Bertz CT molecular complexity index is 211. The van der Waals surface area contributed by atoms with Crippen LogP contribution in [0.15, 0.2) is 0 Å². The van der Waals surface area contributed by atoms with Gasteiger partial charge in [-0.15, -0.1) is 0 Å². The number of rotatable bonds is 4. The standard InChI is InChI=1S/C13H25NO/c1-13(2)7-5-11(14)12(9-13)15-8-6-10-3-4-10/h10-12H,3-9,14H2,1-2H3. The van der Waals surface area contributed by atoms with Crippen molar-refractivity contribution in [1.82, 2.24) is 0 Å². The zero-order chi connectivity index (χ0) is 10.9. The van der Waals surface area contributed by atoms with Crippen LogP contribution in [0.4, 0.5) is 0 Å². The molecule has 2 atom stereocenters. The fraction of sp³-hybridized carbons (Fsp3) is 1.00. The largest absolute Gasteiger partial charge is 0.377 e. The Labute approximate surface area is 93.6 Å². The molecule has 0 aromatic rings. The Morgan fingerprint density at radius 2 is 2.00 bits per heavy atom. The number of ether oxygens (including phenoxy) is 1. The molecule has 2 aliphatic rings. The molecule has 15 heavy (non-hydrogen) atoms. The van der Waals surface area contributed by atoms with E-state index in [9.17, 15) is 0 Å². The van der Waals surface area contributed by atoms with Crippen molar-refractivity contribution in [2.24, 2.45) is 17.1 Å². The molecule has 2 nitrogen and oxygen atoms in total. The molecule has 0 aromatic heterocycles. The van der Waals surface area contributed by atoms with Crippen LogP contribution < -0.4 is 5.73 Å². The maximum Gasteiger partial charge on any atom is 0.0731 e. The van der Waals surface area contributed by atoms with Crippen LogP contribution in [0.2, 0.25) is 0 Å². The van der Waals surface area contributed by atoms with E-state index in [0.29, 0.717) is 11.5 Å². The van der Waals surface area contributed by atoms with E-state index in [1.54, 1.807) is 0 Å². The van der Waals surface area contributed by atoms with Crippen molar-refractivity contribution in [3.8, 4) is 0 Å². The Hall–Kier alpha value is -0.0800. The van der Waals surface area contributed by atoms with Crippen LogP contribution in [0.3, 0.4) is 0 Å². The summed E-state index contributed by atoms with van der Waals surface area (Å²) in [6, 6.07) is 0.275. The SMILES string of the molecule is CC1(C)CCC(N)C(OCCC2CC2)C1. The van der Waals surface area contributed by atoms with Crippen molar-refractivity contribution < 1.29 is 4.74 Å². The molecular formula is C13H25NO. The van der Waals surface area contributed by atoms with Gasteiger partial charge >= 0.3 is 0 Å². The smallest absolute Gasteiger partial charge is 0.0731 e. The molecule has 2 N–H and O–H groups in total. The van der Waals surface area contributed by atoms with Gasteiger partial charge in [-0.1, -0.05) is 26.7 Å². The number of hydrogen-bond acceptors (Lipinski definition) is 2. The first-order chi connectivity index (χ1) is 7.07. The quantitative estimate of drug-likeness (QED) is 0.776. The van der Waals surface area contributed by atoms with Crippen molar-refractivity contribution in [2.75, 3.05) is 6.61 Å². The maximum atomic E-state index is 6.11. The fourth-order valence-corrected chi connectivity index (χ4v) is 2.52. The van der Waals surface area contributed by atoms with E-state index in [4.69, 9.17) is 10.5 Å². The molecule has 2 aliphatic carbocycles. The first kappa shape index (κ1) is 11.4. The Morgan fingerprint density at radius 3 is 2.67 bits per heavy atom. The molecule has 0 saturated heterocycles. The second-order valence-electron chi connectivity index (χ2n) is 6.21. The van der Waals surface area contributed by atoms with Gasteiger partial charge in [0, 0.05) is 12.6 Å². The van der Waals surface area contributed by atoms with E-state index < -0.39 is 0 Å². The zero-order valence-electron chi connectivity index (χ0n) is 10.2. The average Bonchev–Trinajstić information content (AvgIpc) is 2.95. The molecule has 2 heteroatoms. The Balaban J connectivity index is 1.72. The Morgan fingerprint density at radius 1 is 1.27 bits per heavy atom. The van der Waals surface area contributed by atoms with E-state index in [1.807, 2.05) is 0 Å². The average molecular weight is 211 g/mol. The highest BCUT2D eigenvalue weighted by Gasteiger charge is 2.33. The van der Waals surface area contributed by atoms with Gasteiger partial charge in [-0.05, 0) is 37.0 Å². The first-order valence-electron chi connectivity index (χ1n) is 6.44. The summed E-state index contributed by atoms with van der Waals surface area (Å²) in [4.78, 5) is 0. The van der Waals surface area contributed by atoms with Crippen molar-refractivity contribution in [3.05, 3.63) is 0 Å². The second kappa shape index (κ2) is 4.42. The summed E-state index contributed by atoms with van der Waals surface area (Å²) in [6.45, 7) is 5.59. The predicted octanol–water partition coefficient (Wildman–Crippen LogP) is 2.71. The van der Waals surface area contributed by atoms with Crippen LogP contribution in [0.25, 0.3) is 0 Å². The molecule has 2 rings (SSSR count). The fourth-order valence-electron chi connectivity index (χ4n) is 2.52. The van der Waals surface area contributed by atoms with Gasteiger partial charge in [-0.2, -0.15) is 0 Å². The van der Waals surface area contributed by atoms with Gasteiger partial charge < -0.3 is 10.5 Å². The molecule has 0 spiro atoms. The van der Waals surface area contributed by atoms with Crippen LogP contribution in [-0.2, 0) is 4.74 Å².